The molecule has 0 amide bonds. The predicted octanol–water partition coefficient (Wildman–Crippen LogP) is 0.946. The van der Waals surface area contributed by atoms with Crippen molar-refractivity contribution < 1.29 is 12.8 Å². The summed E-state index contributed by atoms with van der Waals surface area (Å²) in [5, 5.41) is 0. The van der Waals surface area contributed by atoms with Crippen molar-refractivity contribution in [3.8, 4) is 0 Å². The van der Waals surface area contributed by atoms with E-state index in [1.165, 1.54) is 6.92 Å². The zero-order chi connectivity index (χ0) is 14.6. The first-order valence-corrected chi connectivity index (χ1v) is 7.42. The number of nitrogen functional groups attached to an aromatic ring is 1. The average Bonchev–Trinajstić information content (AvgIpc) is 2.29. The summed E-state index contributed by atoms with van der Waals surface area (Å²) < 4.78 is 39.8. The number of hydrogen-bond acceptors (Lipinski definition) is 4. The molecule has 0 spiro atoms. The molecule has 0 heterocycles. The first-order valence-electron chi connectivity index (χ1n) is 5.94. The summed E-state index contributed by atoms with van der Waals surface area (Å²) in [5.41, 5.74) is 5.58. The molecule has 108 valence electrons. The second-order valence-electron chi connectivity index (χ2n) is 4.69. The zero-order valence-electron chi connectivity index (χ0n) is 11.4. The van der Waals surface area contributed by atoms with Crippen LogP contribution < -0.4 is 10.5 Å². The Morgan fingerprint density at radius 2 is 2.00 bits per heavy atom. The van der Waals surface area contributed by atoms with Gasteiger partial charge in [-0.15, -0.1) is 0 Å². The molecule has 1 aromatic carbocycles. The summed E-state index contributed by atoms with van der Waals surface area (Å²) >= 11 is 0. The van der Waals surface area contributed by atoms with Crippen LogP contribution in [0.1, 0.15) is 12.0 Å². The Morgan fingerprint density at radius 1 is 1.37 bits per heavy atom. The van der Waals surface area contributed by atoms with E-state index in [-0.39, 0.29) is 10.6 Å². The average molecular weight is 289 g/mol. The van der Waals surface area contributed by atoms with Gasteiger partial charge >= 0.3 is 0 Å². The number of benzene rings is 1. The zero-order valence-corrected chi connectivity index (χ0v) is 12.2. The molecule has 19 heavy (non-hydrogen) atoms. The Balaban J connectivity index is 2.80. The van der Waals surface area contributed by atoms with E-state index >= 15 is 0 Å². The van der Waals surface area contributed by atoms with Crippen LogP contribution in [0.4, 0.5) is 10.1 Å². The van der Waals surface area contributed by atoms with Gasteiger partial charge in [-0.1, -0.05) is 0 Å². The number of nitrogens with zero attached hydrogens (tertiary/aromatic N) is 1. The van der Waals surface area contributed by atoms with Crippen LogP contribution in [0, 0.1) is 12.7 Å². The second kappa shape index (κ2) is 6.31. The third-order valence-electron chi connectivity index (χ3n) is 2.66. The minimum Gasteiger partial charge on any atom is -0.396 e. The summed E-state index contributed by atoms with van der Waals surface area (Å²) in [6, 6.07) is 2.28. The number of sulfonamides is 1. The van der Waals surface area contributed by atoms with Crippen molar-refractivity contribution in [2.75, 3.05) is 32.9 Å². The summed E-state index contributed by atoms with van der Waals surface area (Å²) in [6.45, 7) is 2.65. The van der Waals surface area contributed by atoms with Gasteiger partial charge < -0.3 is 10.6 Å². The molecule has 0 saturated heterocycles. The number of aryl methyl sites for hydroxylation is 1. The summed E-state index contributed by atoms with van der Waals surface area (Å²) in [5.74, 6) is -0.607. The molecule has 0 atom stereocenters. The van der Waals surface area contributed by atoms with Crippen LogP contribution in [0.2, 0.25) is 0 Å². The predicted molar refractivity (Wildman–Crippen MR) is 73.9 cm³/mol. The third-order valence-corrected chi connectivity index (χ3v) is 4.26. The minimum absolute atomic E-state index is 0.0243. The molecule has 0 aromatic heterocycles. The van der Waals surface area contributed by atoms with Crippen molar-refractivity contribution >= 4 is 15.7 Å². The summed E-state index contributed by atoms with van der Waals surface area (Å²) in [6.07, 6.45) is 0.696. The van der Waals surface area contributed by atoms with E-state index in [0.29, 0.717) is 18.5 Å². The summed E-state index contributed by atoms with van der Waals surface area (Å²) in [4.78, 5) is 1.99. The molecule has 0 fully saturated rings. The highest BCUT2D eigenvalue weighted by atomic mass is 32.2. The quantitative estimate of drug-likeness (QED) is 0.604. The monoisotopic (exact) mass is 289 g/mol. The van der Waals surface area contributed by atoms with Gasteiger partial charge in [0, 0.05) is 6.54 Å². The lowest BCUT2D eigenvalue weighted by Crippen LogP contribution is -2.28. The molecule has 0 aliphatic rings. The SMILES string of the molecule is Cc1cc(F)c(N)cc1S(=O)(=O)NCCCN(C)C. The number of hydrogen-bond donors (Lipinski definition) is 2. The molecule has 1 aromatic rings. The van der Waals surface area contributed by atoms with Crippen molar-refractivity contribution in [1.82, 2.24) is 9.62 Å². The molecular weight excluding hydrogens is 269 g/mol. The smallest absolute Gasteiger partial charge is 0.240 e. The van der Waals surface area contributed by atoms with Gasteiger partial charge in [0.1, 0.15) is 5.82 Å². The highest BCUT2D eigenvalue weighted by Crippen LogP contribution is 2.21. The van der Waals surface area contributed by atoms with Crippen molar-refractivity contribution in [2.24, 2.45) is 0 Å². The van der Waals surface area contributed by atoms with E-state index < -0.39 is 15.8 Å². The maximum Gasteiger partial charge on any atom is 0.240 e. The van der Waals surface area contributed by atoms with Gasteiger partial charge in [0.05, 0.1) is 10.6 Å². The largest absolute Gasteiger partial charge is 0.396 e. The van der Waals surface area contributed by atoms with Crippen LogP contribution in [0.25, 0.3) is 0 Å². The van der Waals surface area contributed by atoms with Gasteiger partial charge in [0.2, 0.25) is 10.0 Å². The maximum absolute atomic E-state index is 13.2. The molecule has 1 rings (SSSR count). The van der Waals surface area contributed by atoms with Crippen LogP contribution >= 0.6 is 0 Å². The Morgan fingerprint density at radius 3 is 2.58 bits per heavy atom. The lowest BCUT2D eigenvalue weighted by atomic mass is 10.2. The summed E-state index contributed by atoms with van der Waals surface area (Å²) in [7, 11) is 0.189. The Bertz CT molecular complexity index is 544. The number of anilines is 1. The van der Waals surface area contributed by atoms with Crippen molar-refractivity contribution in [1.29, 1.82) is 0 Å². The van der Waals surface area contributed by atoms with Crippen LogP contribution in [-0.2, 0) is 10.0 Å². The molecule has 0 unspecified atom stereocenters. The minimum atomic E-state index is -3.64. The molecular formula is C12H20FN3O2S. The number of halogens is 1. The fourth-order valence-corrected chi connectivity index (χ4v) is 2.97. The van der Waals surface area contributed by atoms with Crippen LogP contribution in [0.3, 0.4) is 0 Å². The van der Waals surface area contributed by atoms with Crippen LogP contribution in [0.15, 0.2) is 17.0 Å². The third kappa shape index (κ3) is 4.45. The highest BCUT2D eigenvalue weighted by Gasteiger charge is 2.18. The number of rotatable bonds is 6. The van der Waals surface area contributed by atoms with Gasteiger partial charge in [0.25, 0.3) is 0 Å². The molecule has 0 aliphatic carbocycles. The van der Waals surface area contributed by atoms with E-state index in [1.54, 1.807) is 0 Å². The maximum atomic E-state index is 13.2. The van der Waals surface area contributed by atoms with E-state index in [0.717, 1.165) is 18.7 Å². The van der Waals surface area contributed by atoms with Gasteiger partial charge in [-0.2, -0.15) is 0 Å². The Hall–Kier alpha value is -1.18. The Kier molecular flexibility index (Phi) is 5.28. The first kappa shape index (κ1) is 15.9. The van der Waals surface area contributed by atoms with Crippen molar-refractivity contribution in [3.05, 3.63) is 23.5 Å². The van der Waals surface area contributed by atoms with E-state index in [2.05, 4.69) is 4.72 Å². The molecule has 3 N–H and O–H groups in total. The highest BCUT2D eigenvalue weighted by molar-refractivity contribution is 7.89. The van der Waals surface area contributed by atoms with Crippen LogP contribution in [0.5, 0.6) is 0 Å². The first-order chi connectivity index (χ1) is 8.74. The van der Waals surface area contributed by atoms with Crippen molar-refractivity contribution in [3.63, 3.8) is 0 Å². The fourth-order valence-electron chi connectivity index (χ4n) is 1.64. The standard InChI is InChI=1S/C12H20FN3O2S/c1-9-7-10(13)11(14)8-12(9)19(17,18)15-5-4-6-16(2)3/h7-8,15H,4-6,14H2,1-3H3. The lowest BCUT2D eigenvalue weighted by molar-refractivity contribution is 0.400. The van der Waals surface area contributed by atoms with Gasteiger partial charge in [-0.25, -0.2) is 17.5 Å². The van der Waals surface area contributed by atoms with E-state index in [1.807, 2.05) is 19.0 Å². The normalized spacial score (nSPS) is 12.1. The molecule has 0 radical (unpaired) electrons. The van der Waals surface area contributed by atoms with Gasteiger partial charge in [-0.3, -0.25) is 0 Å². The van der Waals surface area contributed by atoms with E-state index in [4.69, 9.17) is 5.73 Å². The second-order valence-corrected chi connectivity index (χ2v) is 6.43. The van der Waals surface area contributed by atoms with Crippen LogP contribution in [-0.4, -0.2) is 40.5 Å². The van der Waals surface area contributed by atoms with E-state index in [9.17, 15) is 12.8 Å². The van der Waals surface area contributed by atoms with Gasteiger partial charge in [-0.05, 0) is 51.7 Å². The molecule has 7 heteroatoms. The molecule has 5 nitrogen and oxygen atoms in total. The van der Waals surface area contributed by atoms with Crippen molar-refractivity contribution in [2.45, 2.75) is 18.2 Å². The fraction of sp³-hybridized carbons (Fsp3) is 0.500. The van der Waals surface area contributed by atoms with Gasteiger partial charge in [0.15, 0.2) is 0 Å². The molecule has 0 bridgehead atoms. The number of nitrogens with two attached hydrogens (primary N) is 1. The molecule has 0 saturated carbocycles. The number of nitrogens with one attached hydrogen (secondary N) is 1. The lowest BCUT2D eigenvalue weighted by Gasteiger charge is -2.12. The molecule has 0 aliphatic heterocycles. The topological polar surface area (TPSA) is 75.4 Å². The Labute approximate surface area is 113 Å².